The van der Waals surface area contributed by atoms with Crippen molar-refractivity contribution in [2.75, 3.05) is 23.0 Å². The highest BCUT2D eigenvalue weighted by molar-refractivity contribution is 8.16. The number of carbonyl (C=O) groups excluding carboxylic acids is 2. The number of fused-ring (bicyclic) bond motifs is 1. The molecule has 2 aromatic rings. The second-order valence-electron chi connectivity index (χ2n) is 9.84. The lowest BCUT2D eigenvalue weighted by Crippen LogP contribution is -2.39. The van der Waals surface area contributed by atoms with E-state index >= 15 is 0 Å². The lowest BCUT2D eigenvalue weighted by atomic mass is 10.2. The van der Waals surface area contributed by atoms with Crippen molar-refractivity contribution in [2.24, 2.45) is 4.99 Å². The SMILES string of the molecule is Cc1cccc(Oc2ccc(Cl)cc2N2C(=NC(=O)CNC(=O)OC(C)(C)C)S[C@H]3CS(=O)(=O)C[C@@H]32)c1. The highest BCUT2D eigenvalue weighted by Gasteiger charge is 2.50. The Morgan fingerprint density at radius 3 is 2.65 bits per heavy atom. The molecule has 2 fully saturated rings. The van der Waals surface area contributed by atoms with Crippen LogP contribution >= 0.6 is 23.4 Å². The molecule has 0 unspecified atom stereocenters. The number of alkyl carbamates (subject to hydrolysis) is 1. The van der Waals surface area contributed by atoms with Gasteiger partial charge in [0.1, 0.15) is 17.9 Å². The number of nitrogens with one attached hydrogen (secondary N) is 1. The molecule has 0 aromatic heterocycles. The number of ether oxygens (including phenoxy) is 2. The first-order chi connectivity index (χ1) is 17.3. The topological polar surface area (TPSA) is 114 Å². The zero-order valence-corrected chi connectivity index (χ0v) is 23.2. The molecule has 2 aromatic carbocycles. The van der Waals surface area contributed by atoms with Crippen LogP contribution in [0, 0.1) is 6.92 Å². The number of carbonyl (C=O) groups is 2. The van der Waals surface area contributed by atoms with Gasteiger partial charge in [-0.2, -0.15) is 4.99 Å². The molecule has 12 heteroatoms. The van der Waals surface area contributed by atoms with Gasteiger partial charge >= 0.3 is 6.09 Å². The number of halogens is 1. The molecule has 37 heavy (non-hydrogen) atoms. The second-order valence-corrected chi connectivity index (χ2v) is 13.6. The summed E-state index contributed by atoms with van der Waals surface area (Å²) in [5.41, 5.74) is 0.801. The molecular formula is C25H28ClN3O6S2. The Morgan fingerprint density at radius 2 is 1.95 bits per heavy atom. The van der Waals surface area contributed by atoms with Crippen LogP contribution in [0.3, 0.4) is 0 Å². The van der Waals surface area contributed by atoms with Crippen molar-refractivity contribution in [2.45, 2.75) is 44.6 Å². The Labute approximate surface area is 225 Å². The third-order valence-corrected chi connectivity index (χ3v) is 8.91. The molecule has 2 aliphatic rings. The molecule has 2 heterocycles. The minimum atomic E-state index is -3.27. The molecule has 0 spiro atoms. The molecule has 2 amide bonds. The maximum atomic E-state index is 12.7. The average molecular weight is 566 g/mol. The van der Waals surface area contributed by atoms with E-state index in [1.807, 2.05) is 31.2 Å². The quantitative estimate of drug-likeness (QED) is 0.561. The molecule has 2 saturated heterocycles. The first kappa shape index (κ1) is 27.3. The van der Waals surface area contributed by atoms with Crippen LogP contribution in [0.15, 0.2) is 47.5 Å². The normalized spacial score (nSPS) is 21.5. The summed E-state index contributed by atoms with van der Waals surface area (Å²) in [7, 11) is -3.27. The summed E-state index contributed by atoms with van der Waals surface area (Å²) >= 11 is 7.55. The van der Waals surface area contributed by atoms with Gasteiger partial charge in [0.05, 0.1) is 23.2 Å². The van der Waals surface area contributed by atoms with Crippen molar-refractivity contribution in [3.8, 4) is 11.5 Å². The summed E-state index contributed by atoms with van der Waals surface area (Å²) in [6, 6.07) is 12.1. The summed E-state index contributed by atoms with van der Waals surface area (Å²) in [4.78, 5) is 30.6. The van der Waals surface area contributed by atoms with Crippen molar-refractivity contribution < 1.29 is 27.5 Å². The molecule has 9 nitrogen and oxygen atoms in total. The first-order valence-corrected chi connectivity index (χ1v) is 14.7. The summed E-state index contributed by atoms with van der Waals surface area (Å²) in [5, 5.41) is 2.82. The van der Waals surface area contributed by atoms with Crippen molar-refractivity contribution in [1.82, 2.24) is 5.32 Å². The lowest BCUT2D eigenvalue weighted by Gasteiger charge is -2.27. The van der Waals surface area contributed by atoms with E-state index in [1.165, 1.54) is 11.8 Å². The highest BCUT2D eigenvalue weighted by atomic mass is 35.5. The molecule has 4 rings (SSSR count). The van der Waals surface area contributed by atoms with E-state index in [-0.39, 0.29) is 23.3 Å². The van der Waals surface area contributed by atoms with Gasteiger partial charge in [0.15, 0.2) is 20.8 Å². The average Bonchev–Trinajstić information content (AvgIpc) is 3.23. The van der Waals surface area contributed by atoms with E-state index in [0.29, 0.717) is 27.4 Å². The number of aliphatic imine (C=N–C) groups is 1. The Balaban J connectivity index is 1.65. The van der Waals surface area contributed by atoms with E-state index in [1.54, 1.807) is 43.9 Å². The van der Waals surface area contributed by atoms with Gasteiger partial charge in [0.25, 0.3) is 5.91 Å². The number of aryl methyl sites for hydroxylation is 1. The molecule has 0 radical (unpaired) electrons. The number of hydrogen-bond donors (Lipinski definition) is 1. The van der Waals surface area contributed by atoms with Crippen LogP contribution in [-0.2, 0) is 19.4 Å². The van der Waals surface area contributed by atoms with E-state index in [4.69, 9.17) is 21.1 Å². The lowest BCUT2D eigenvalue weighted by molar-refractivity contribution is -0.117. The Hall–Kier alpha value is -2.76. The first-order valence-electron chi connectivity index (χ1n) is 11.6. The number of hydrogen-bond acceptors (Lipinski definition) is 7. The maximum absolute atomic E-state index is 12.7. The molecule has 198 valence electrons. The van der Waals surface area contributed by atoms with Gasteiger partial charge in [-0.15, -0.1) is 0 Å². The largest absolute Gasteiger partial charge is 0.455 e. The summed E-state index contributed by atoms with van der Waals surface area (Å²) < 4.78 is 36.2. The van der Waals surface area contributed by atoms with Crippen LogP contribution in [-0.4, -0.2) is 60.5 Å². The Bertz CT molecular complexity index is 1360. The number of benzene rings is 2. The minimum Gasteiger partial charge on any atom is -0.455 e. The van der Waals surface area contributed by atoms with Crippen LogP contribution < -0.4 is 15.0 Å². The third-order valence-electron chi connectivity index (χ3n) is 5.47. The van der Waals surface area contributed by atoms with Gasteiger partial charge < -0.3 is 19.7 Å². The number of sulfone groups is 1. The molecule has 1 N–H and O–H groups in total. The standard InChI is InChI=1S/C25H28ClN3O6S2/c1-15-6-5-7-17(10-15)34-20-9-8-16(26)11-18(20)29-19-13-37(32,33)14-21(19)36-23(29)28-22(30)12-27-24(31)35-25(2,3)4/h5-11,19,21H,12-14H2,1-4H3,(H,27,31)/t19-,21-/m0/s1. The number of amides is 2. The van der Waals surface area contributed by atoms with Gasteiger partial charge in [0, 0.05) is 10.3 Å². The van der Waals surface area contributed by atoms with Crippen LogP contribution in [0.25, 0.3) is 0 Å². The highest BCUT2D eigenvalue weighted by Crippen LogP contribution is 2.45. The fourth-order valence-corrected chi connectivity index (χ4v) is 8.12. The summed E-state index contributed by atoms with van der Waals surface area (Å²) in [6.45, 7) is 6.73. The minimum absolute atomic E-state index is 0.0309. The second kappa shape index (κ2) is 10.5. The predicted molar refractivity (Wildman–Crippen MR) is 146 cm³/mol. The van der Waals surface area contributed by atoms with Gasteiger partial charge in [-0.1, -0.05) is 35.5 Å². The van der Waals surface area contributed by atoms with Crippen molar-refractivity contribution >= 4 is 56.1 Å². The molecule has 2 atom stereocenters. The Morgan fingerprint density at radius 1 is 1.19 bits per heavy atom. The summed E-state index contributed by atoms with van der Waals surface area (Å²) in [6.07, 6.45) is -0.733. The monoisotopic (exact) mass is 565 g/mol. The van der Waals surface area contributed by atoms with Crippen LogP contribution in [0.1, 0.15) is 26.3 Å². The third kappa shape index (κ3) is 6.97. The molecule has 0 saturated carbocycles. The number of amidine groups is 1. The zero-order chi connectivity index (χ0) is 27.0. The van der Waals surface area contributed by atoms with E-state index in [0.717, 1.165) is 5.56 Å². The zero-order valence-electron chi connectivity index (χ0n) is 20.9. The fraction of sp³-hybridized carbons (Fsp3) is 0.400. The smallest absolute Gasteiger partial charge is 0.408 e. The van der Waals surface area contributed by atoms with Crippen molar-refractivity contribution in [1.29, 1.82) is 0 Å². The van der Waals surface area contributed by atoms with Crippen molar-refractivity contribution in [3.05, 3.63) is 53.1 Å². The van der Waals surface area contributed by atoms with E-state index < -0.39 is 33.5 Å². The summed E-state index contributed by atoms with van der Waals surface area (Å²) in [5.74, 6) is 0.306. The van der Waals surface area contributed by atoms with E-state index in [9.17, 15) is 18.0 Å². The van der Waals surface area contributed by atoms with Gasteiger partial charge in [-0.25, -0.2) is 13.2 Å². The Kier molecular flexibility index (Phi) is 7.77. The number of anilines is 1. The fourth-order valence-electron chi connectivity index (χ4n) is 4.03. The van der Waals surface area contributed by atoms with Crippen LogP contribution in [0.5, 0.6) is 11.5 Å². The molecule has 0 aliphatic carbocycles. The van der Waals surface area contributed by atoms with Crippen molar-refractivity contribution in [3.63, 3.8) is 0 Å². The van der Waals surface area contributed by atoms with Crippen LogP contribution in [0.4, 0.5) is 10.5 Å². The van der Waals surface area contributed by atoms with E-state index in [2.05, 4.69) is 10.3 Å². The molecular weight excluding hydrogens is 538 g/mol. The maximum Gasteiger partial charge on any atom is 0.408 e. The number of rotatable bonds is 5. The number of nitrogens with zero attached hydrogens (tertiary/aromatic N) is 2. The van der Waals surface area contributed by atoms with Gasteiger partial charge in [0.2, 0.25) is 0 Å². The van der Waals surface area contributed by atoms with Crippen LogP contribution in [0.2, 0.25) is 5.02 Å². The predicted octanol–water partition coefficient (Wildman–Crippen LogP) is 4.57. The number of thioether (sulfide) groups is 1. The molecule has 0 bridgehead atoms. The van der Waals surface area contributed by atoms with Gasteiger partial charge in [-0.3, -0.25) is 4.79 Å². The molecule has 2 aliphatic heterocycles. The van der Waals surface area contributed by atoms with Gasteiger partial charge in [-0.05, 0) is 63.6 Å².